The fourth-order valence-corrected chi connectivity index (χ4v) is 4.23. The normalized spacial score (nSPS) is 24.7. The van der Waals surface area contributed by atoms with Gasteiger partial charge in [0.15, 0.2) is 0 Å². The summed E-state index contributed by atoms with van der Waals surface area (Å²) < 4.78 is 24.4. The molecule has 112 valence electrons. The van der Waals surface area contributed by atoms with E-state index in [0.29, 0.717) is 19.1 Å². The lowest BCUT2D eigenvalue weighted by Crippen LogP contribution is -2.44. The fraction of sp³-hybridized carbons (Fsp3) is 1.00. The predicted octanol–water partition coefficient (Wildman–Crippen LogP) is 1.97. The van der Waals surface area contributed by atoms with Crippen LogP contribution in [0.1, 0.15) is 51.4 Å². The lowest BCUT2D eigenvalue weighted by Gasteiger charge is -2.31. The van der Waals surface area contributed by atoms with Crippen LogP contribution in [-0.2, 0) is 10.0 Å². The maximum atomic E-state index is 11.4. The van der Waals surface area contributed by atoms with Gasteiger partial charge in [0.2, 0.25) is 10.0 Å². The van der Waals surface area contributed by atoms with Crippen molar-refractivity contribution in [1.82, 2.24) is 9.62 Å². The van der Waals surface area contributed by atoms with Crippen LogP contribution in [0.4, 0.5) is 0 Å². The zero-order valence-electron chi connectivity index (χ0n) is 12.1. The molecule has 4 nitrogen and oxygen atoms in total. The second-order valence-corrected chi connectivity index (χ2v) is 8.17. The lowest BCUT2D eigenvalue weighted by atomic mass is 9.87. The Morgan fingerprint density at radius 3 is 2.26 bits per heavy atom. The molecule has 1 aliphatic heterocycles. The molecule has 0 bridgehead atoms. The van der Waals surface area contributed by atoms with Crippen LogP contribution in [0, 0.1) is 5.92 Å². The van der Waals surface area contributed by atoms with Gasteiger partial charge >= 0.3 is 0 Å². The SMILES string of the molecule is CS(=O)(=O)N1CCC(NCCC2CCCCC2)CC1. The van der Waals surface area contributed by atoms with Gasteiger partial charge in [0.1, 0.15) is 0 Å². The Morgan fingerprint density at radius 2 is 1.68 bits per heavy atom. The predicted molar refractivity (Wildman–Crippen MR) is 78.6 cm³/mol. The van der Waals surface area contributed by atoms with Crippen LogP contribution in [0.2, 0.25) is 0 Å². The van der Waals surface area contributed by atoms with Gasteiger partial charge in [-0.05, 0) is 31.7 Å². The molecule has 1 aliphatic carbocycles. The van der Waals surface area contributed by atoms with E-state index in [1.54, 1.807) is 4.31 Å². The van der Waals surface area contributed by atoms with Crippen molar-refractivity contribution in [1.29, 1.82) is 0 Å². The minimum Gasteiger partial charge on any atom is -0.314 e. The second-order valence-electron chi connectivity index (χ2n) is 6.18. The van der Waals surface area contributed by atoms with Gasteiger partial charge < -0.3 is 5.32 Å². The topological polar surface area (TPSA) is 49.4 Å². The van der Waals surface area contributed by atoms with Crippen LogP contribution in [0.3, 0.4) is 0 Å². The highest BCUT2D eigenvalue weighted by atomic mass is 32.2. The molecular weight excluding hydrogens is 260 g/mol. The molecule has 0 spiro atoms. The molecule has 2 fully saturated rings. The molecule has 0 aromatic heterocycles. The number of nitrogens with zero attached hydrogens (tertiary/aromatic N) is 1. The van der Waals surface area contributed by atoms with Crippen LogP contribution in [0.25, 0.3) is 0 Å². The van der Waals surface area contributed by atoms with Crippen molar-refractivity contribution in [3.63, 3.8) is 0 Å². The van der Waals surface area contributed by atoms with E-state index in [1.165, 1.54) is 44.8 Å². The number of nitrogens with one attached hydrogen (secondary N) is 1. The van der Waals surface area contributed by atoms with Gasteiger partial charge in [0, 0.05) is 19.1 Å². The molecule has 0 atom stereocenters. The second kappa shape index (κ2) is 7.04. The maximum absolute atomic E-state index is 11.4. The quantitative estimate of drug-likeness (QED) is 0.841. The van der Waals surface area contributed by atoms with Gasteiger partial charge in [-0.25, -0.2) is 12.7 Å². The Hall–Kier alpha value is -0.130. The number of sulfonamides is 1. The van der Waals surface area contributed by atoms with Crippen LogP contribution in [0.15, 0.2) is 0 Å². The third-order valence-electron chi connectivity index (χ3n) is 4.63. The molecule has 1 saturated heterocycles. The zero-order chi connectivity index (χ0) is 13.7. The molecule has 19 heavy (non-hydrogen) atoms. The van der Waals surface area contributed by atoms with E-state index in [1.807, 2.05) is 0 Å². The van der Waals surface area contributed by atoms with E-state index in [0.717, 1.165) is 25.3 Å². The average molecular weight is 288 g/mol. The highest BCUT2D eigenvalue weighted by Gasteiger charge is 2.24. The Labute approximate surface area is 118 Å². The van der Waals surface area contributed by atoms with Crippen molar-refractivity contribution in [3.8, 4) is 0 Å². The molecule has 0 radical (unpaired) electrons. The van der Waals surface area contributed by atoms with Crippen molar-refractivity contribution >= 4 is 10.0 Å². The number of piperidine rings is 1. The minimum absolute atomic E-state index is 0.515. The summed E-state index contributed by atoms with van der Waals surface area (Å²) >= 11 is 0. The first kappa shape index (κ1) is 15.3. The Kier molecular flexibility index (Phi) is 5.66. The summed E-state index contributed by atoms with van der Waals surface area (Å²) in [6.07, 6.45) is 11.6. The molecule has 2 rings (SSSR count). The summed E-state index contributed by atoms with van der Waals surface area (Å²) in [5, 5.41) is 3.62. The van der Waals surface area contributed by atoms with Crippen molar-refractivity contribution in [2.75, 3.05) is 25.9 Å². The van der Waals surface area contributed by atoms with E-state index in [4.69, 9.17) is 0 Å². The highest BCUT2D eigenvalue weighted by molar-refractivity contribution is 7.88. The molecular formula is C14H28N2O2S. The molecule has 2 aliphatic rings. The summed E-state index contributed by atoms with van der Waals surface area (Å²) in [4.78, 5) is 0. The summed E-state index contributed by atoms with van der Waals surface area (Å²) in [6, 6.07) is 0.515. The summed E-state index contributed by atoms with van der Waals surface area (Å²) in [5.74, 6) is 0.928. The van der Waals surface area contributed by atoms with E-state index in [9.17, 15) is 8.42 Å². The largest absolute Gasteiger partial charge is 0.314 e. The number of rotatable bonds is 5. The van der Waals surface area contributed by atoms with Gasteiger partial charge in [-0.1, -0.05) is 32.1 Å². The van der Waals surface area contributed by atoms with E-state index >= 15 is 0 Å². The molecule has 0 aromatic carbocycles. The van der Waals surface area contributed by atoms with Gasteiger partial charge in [-0.15, -0.1) is 0 Å². The van der Waals surface area contributed by atoms with Crippen molar-refractivity contribution in [2.24, 2.45) is 5.92 Å². The zero-order valence-corrected chi connectivity index (χ0v) is 12.9. The van der Waals surface area contributed by atoms with E-state index in [-0.39, 0.29) is 0 Å². The van der Waals surface area contributed by atoms with Gasteiger partial charge in [-0.2, -0.15) is 0 Å². The van der Waals surface area contributed by atoms with E-state index in [2.05, 4.69) is 5.32 Å². The lowest BCUT2D eigenvalue weighted by molar-refractivity contribution is 0.276. The number of hydrogen-bond donors (Lipinski definition) is 1. The first-order valence-electron chi connectivity index (χ1n) is 7.74. The Balaban J connectivity index is 1.60. The van der Waals surface area contributed by atoms with Crippen molar-refractivity contribution in [2.45, 2.75) is 57.4 Å². The molecule has 1 N–H and O–H groups in total. The molecule has 5 heteroatoms. The molecule has 0 amide bonds. The summed E-state index contributed by atoms with van der Waals surface area (Å²) in [6.45, 7) is 2.47. The monoisotopic (exact) mass is 288 g/mol. The van der Waals surface area contributed by atoms with Crippen LogP contribution < -0.4 is 5.32 Å². The third kappa shape index (κ3) is 5.04. The molecule has 1 heterocycles. The van der Waals surface area contributed by atoms with Crippen molar-refractivity contribution in [3.05, 3.63) is 0 Å². The third-order valence-corrected chi connectivity index (χ3v) is 5.94. The molecule has 1 saturated carbocycles. The van der Waals surface area contributed by atoms with Crippen LogP contribution in [0.5, 0.6) is 0 Å². The minimum atomic E-state index is -2.98. The Morgan fingerprint density at radius 1 is 1.05 bits per heavy atom. The molecule has 0 unspecified atom stereocenters. The summed E-state index contributed by atoms with van der Waals surface area (Å²) in [7, 11) is -2.98. The van der Waals surface area contributed by atoms with Gasteiger partial charge in [-0.3, -0.25) is 0 Å². The average Bonchev–Trinajstić information content (AvgIpc) is 2.39. The van der Waals surface area contributed by atoms with Gasteiger partial charge in [0.25, 0.3) is 0 Å². The summed E-state index contributed by atoms with van der Waals surface area (Å²) in [5.41, 5.74) is 0. The highest BCUT2D eigenvalue weighted by Crippen LogP contribution is 2.25. The van der Waals surface area contributed by atoms with Crippen LogP contribution in [-0.4, -0.2) is 44.7 Å². The molecule has 0 aromatic rings. The van der Waals surface area contributed by atoms with Crippen LogP contribution >= 0.6 is 0 Å². The van der Waals surface area contributed by atoms with Crippen molar-refractivity contribution < 1.29 is 8.42 Å². The van der Waals surface area contributed by atoms with E-state index < -0.39 is 10.0 Å². The smallest absolute Gasteiger partial charge is 0.211 e. The first-order chi connectivity index (χ1) is 9.05. The van der Waals surface area contributed by atoms with Gasteiger partial charge in [0.05, 0.1) is 6.26 Å². The number of hydrogen-bond acceptors (Lipinski definition) is 3. The standard InChI is InChI=1S/C14H28N2O2S/c1-19(17,18)16-11-8-14(9-12-16)15-10-7-13-5-3-2-4-6-13/h13-15H,2-12H2,1H3. The first-order valence-corrected chi connectivity index (χ1v) is 9.59. The maximum Gasteiger partial charge on any atom is 0.211 e. The fourth-order valence-electron chi connectivity index (χ4n) is 3.36. The Bertz CT molecular complexity index is 356.